The number of hydrogen-bond acceptors (Lipinski definition) is 4. The second-order valence-corrected chi connectivity index (χ2v) is 7.76. The fourth-order valence-corrected chi connectivity index (χ4v) is 3.30. The van der Waals surface area contributed by atoms with Crippen LogP contribution < -0.4 is 10.6 Å². The zero-order chi connectivity index (χ0) is 22.0. The van der Waals surface area contributed by atoms with Gasteiger partial charge in [-0.1, -0.05) is 0 Å². The number of alkyl halides is 3. The van der Waals surface area contributed by atoms with E-state index in [0.717, 1.165) is 25.0 Å². The topological polar surface area (TPSA) is 73.1 Å². The van der Waals surface area contributed by atoms with Crippen LogP contribution in [0.2, 0.25) is 0 Å². The van der Waals surface area contributed by atoms with Gasteiger partial charge in [0.05, 0.1) is 12.8 Å². The average molecular weight is 559 g/mol. The van der Waals surface area contributed by atoms with E-state index in [1.807, 2.05) is 12.1 Å². The molecular weight excluding hydrogens is 526 g/mol. The van der Waals surface area contributed by atoms with Gasteiger partial charge in [0.1, 0.15) is 12.3 Å². The number of hydrogen-bond donors (Lipinski definition) is 2. The molecule has 0 spiro atoms. The molecule has 0 bridgehead atoms. The molecule has 0 atom stereocenters. The number of likely N-dealkylation sites (tertiary alicyclic amines) is 1. The lowest BCUT2D eigenvalue weighted by molar-refractivity contribution is -0.148. The Morgan fingerprint density at radius 2 is 1.94 bits per heavy atom. The van der Waals surface area contributed by atoms with Crippen LogP contribution in [0.4, 0.5) is 13.2 Å². The number of guanidine groups is 1. The lowest BCUT2D eigenvalue weighted by atomic mass is 9.93. The van der Waals surface area contributed by atoms with Crippen LogP contribution in [0, 0.1) is 5.92 Å². The van der Waals surface area contributed by atoms with Crippen molar-refractivity contribution >= 4 is 35.8 Å². The van der Waals surface area contributed by atoms with Gasteiger partial charge < -0.3 is 20.0 Å². The number of nitrogens with zero attached hydrogens (tertiary/aromatic N) is 3. The molecule has 11 heteroatoms. The van der Waals surface area contributed by atoms with E-state index < -0.39 is 12.7 Å². The van der Waals surface area contributed by atoms with Crippen molar-refractivity contribution in [3.05, 3.63) is 24.2 Å². The SMILES string of the molecule is CN(C)C(=O)CN=C(NCCc1ccco1)NCCC1CCN(CC(F)(F)F)CC1.I. The van der Waals surface area contributed by atoms with Crippen molar-refractivity contribution in [2.75, 3.05) is 53.4 Å². The van der Waals surface area contributed by atoms with E-state index >= 15 is 0 Å². The maximum atomic E-state index is 12.5. The molecule has 1 aromatic rings. The van der Waals surface area contributed by atoms with E-state index in [1.165, 1.54) is 9.80 Å². The summed E-state index contributed by atoms with van der Waals surface area (Å²) in [6.07, 6.45) is 0.543. The first kappa shape index (κ1) is 27.5. The van der Waals surface area contributed by atoms with E-state index in [0.29, 0.717) is 44.5 Å². The van der Waals surface area contributed by atoms with Crippen LogP contribution in [0.3, 0.4) is 0 Å². The van der Waals surface area contributed by atoms with Gasteiger partial charge in [-0.2, -0.15) is 13.2 Å². The van der Waals surface area contributed by atoms with Crippen LogP contribution in [0.15, 0.2) is 27.8 Å². The van der Waals surface area contributed by atoms with Gasteiger partial charge in [-0.25, -0.2) is 4.99 Å². The number of aliphatic imine (C=N–C) groups is 1. The zero-order valence-corrected chi connectivity index (χ0v) is 20.4. The predicted molar refractivity (Wildman–Crippen MR) is 125 cm³/mol. The van der Waals surface area contributed by atoms with Gasteiger partial charge in [0.2, 0.25) is 5.91 Å². The summed E-state index contributed by atoms with van der Waals surface area (Å²) in [5.41, 5.74) is 0. The Balaban J connectivity index is 0.00000480. The molecule has 1 saturated heterocycles. The highest BCUT2D eigenvalue weighted by Gasteiger charge is 2.32. The van der Waals surface area contributed by atoms with Crippen molar-refractivity contribution in [2.24, 2.45) is 10.9 Å². The van der Waals surface area contributed by atoms with Gasteiger partial charge >= 0.3 is 6.18 Å². The Hall–Kier alpha value is -1.50. The monoisotopic (exact) mass is 559 g/mol. The molecule has 31 heavy (non-hydrogen) atoms. The lowest BCUT2D eigenvalue weighted by Crippen LogP contribution is -2.42. The van der Waals surface area contributed by atoms with Crippen LogP contribution in [-0.2, 0) is 11.2 Å². The number of amides is 1. The number of halogens is 4. The highest BCUT2D eigenvalue weighted by Crippen LogP contribution is 2.23. The van der Waals surface area contributed by atoms with Crippen LogP contribution in [-0.4, -0.2) is 81.2 Å². The van der Waals surface area contributed by atoms with Crippen LogP contribution in [0.1, 0.15) is 25.0 Å². The highest BCUT2D eigenvalue weighted by molar-refractivity contribution is 14.0. The number of rotatable bonds is 9. The fraction of sp³-hybridized carbons (Fsp3) is 0.700. The normalized spacial score (nSPS) is 16.0. The standard InChI is InChI=1S/C20H32F3N5O2.HI/c1-27(2)18(29)14-26-19(25-10-6-17-4-3-13-30-17)24-9-5-16-7-11-28(12-8-16)15-20(21,22)23;/h3-4,13,16H,5-12,14-15H2,1-2H3,(H2,24,25,26);1H. The zero-order valence-electron chi connectivity index (χ0n) is 18.1. The minimum atomic E-state index is -4.13. The van der Waals surface area contributed by atoms with Crippen molar-refractivity contribution in [1.82, 2.24) is 20.4 Å². The Morgan fingerprint density at radius 1 is 1.26 bits per heavy atom. The second-order valence-electron chi connectivity index (χ2n) is 7.76. The molecule has 0 aliphatic carbocycles. The summed E-state index contributed by atoms with van der Waals surface area (Å²) in [6, 6.07) is 3.73. The number of carbonyl (C=O) groups is 1. The van der Waals surface area contributed by atoms with E-state index in [-0.39, 0.29) is 36.4 Å². The first-order valence-electron chi connectivity index (χ1n) is 10.3. The Bertz CT molecular complexity index is 660. The summed E-state index contributed by atoms with van der Waals surface area (Å²) in [6.45, 7) is 1.42. The van der Waals surface area contributed by atoms with Crippen LogP contribution >= 0.6 is 24.0 Å². The highest BCUT2D eigenvalue weighted by atomic mass is 127. The molecule has 2 N–H and O–H groups in total. The molecular formula is C20H33F3IN5O2. The third-order valence-corrected chi connectivity index (χ3v) is 5.07. The van der Waals surface area contributed by atoms with Crippen molar-refractivity contribution in [3.63, 3.8) is 0 Å². The van der Waals surface area contributed by atoms with Crippen molar-refractivity contribution in [3.8, 4) is 0 Å². The minimum Gasteiger partial charge on any atom is -0.469 e. The summed E-state index contributed by atoms with van der Waals surface area (Å²) in [7, 11) is 3.36. The molecule has 0 aromatic carbocycles. The van der Waals surface area contributed by atoms with Crippen LogP contribution in [0.5, 0.6) is 0 Å². The number of furan rings is 1. The molecule has 1 fully saturated rings. The van der Waals surface area contributed by atoms with Gasteiger partial charge in [0.25, 0.3) is 0 Å². The number of carbonyl (C=O) groups excluding carboxylic acids is 1. The molecule has 1 aliphatic heterocycles. The van der Waals surface area contributed by atoms with Crippen molar-refractivity contribution < 1.29 is 22.4 Å². The quantitative estimate of drug-likeness (QED) is 0.277. The van der Waals surface area contributed by atoms with Crippen LogP contribution in [0.25, 0.3) is 0 Å². The summed E-state index contributed by atoms with van der Waals surface area (Å²) in [4.78, 5) is 19.1. The minimum absolute atomic E-state index is 0. The molecule has 1 amide bonds. The van der Waals surface area contributed by atoms with E-state index in [1.54, 1.807) is 20.4 Å². The molecule has 1 aromatic heterocycles. The molecule has 178 valence electrons. The first-order chi connectivity index (χ1) is 14.2. The molecule has 2 heterocycles. The molecule has 2 rings (SSSR count). The maximum Gasteiger partial charge on any atom is 0.401 e. The maximum absolute atomic E-state index is 12.5. The number of nitrogens with one attached hydrogen (secondary N) is 2. The van der Waals surface area contributed by atoms with Gasteiger partial charge in [-0.3, -0.25) is 9.69 Å². The molecule has 7 nitrogen and oxygen atoms in total. The Morgan fingerprint density at radius 3 is 2.52 bits per heavy atom. The third kappa shape index (κ3) is 11.6. The molecule has 0 radical (unpaired) electrons. The smallest absolute Gasteiger partial charge is 0.401 e. The van der Waals surface area contributed by atoms with Crippen molar-refractivity contribution in [1.29, 1.82) is 0 Å². The van der Waals surface area contributed by atoms with E-state index in [2.05, 4.69) is 15.6 Å². The molecule has 0 unspecified atom stereocenters. The van der Waals surface area contributed by atoms with Gasteiger partial charge in [-0.05, 0) is 50.4 Å². The predicted octanol–water partition coefficient (Wildman–Crippen LogP) is 2.73. The van der Waals surface area contributed by atoms with Crippen molar-refractivity contribution in [2.45, 2.75) is 31.9 Å². The largest absolute Gasteiger partial charge is 0.469 e. The van der Waals surface area contributed by atoms with Gasteiger partial charge in [0, 0.05) is 33.6 Å². The summed E-state index contributed by atoms with van der Waals surface area (Å²) >= 11 is 0. The lowest BCUT2D eigenvalue weighted by Gasteiger charge is -2.32. The fourth-order valence-electron chi connectivity index (χ4n) is 3.30. The molecule has 1 aliphatic rings. The Labute approximate surface area is 198 Å². The van der Waals surface area contributed by atoms with E-state index in [9.17, 15) is 18.0 Å². The second kappa shape index (κ2) is 13.8. The summed E-state index contributed by atoms with van der Waals surface area (Å²) < 4.78 is 42.8. The Kier molecular flexibility index (Phi) is 12.3. The number of likely N-dealkylation sites (N-methyl/N-ethyl adjacent to an activating group) is 1. The average Bonchev–Trinajstić information content (AvgIpc) is 3.19. The first-order valence-corrected chi connectivity index (χ1v) is 10.3. The molecule has 0 saturated carbocycles. The summed E-state index contributed by atoms with van der Waals surface area (Å²) in [5, 5.41) is 6.43. The summed E-state index contributed by atoms with van der Waals surface area (Å²) in [5.74, 6) is 1.69. The third-order valence-electron chi connectivity index (χ3n) is 5.07. The number of piperidine rings is 1. The van der Waals surface area contributed by atoms with Gasteiger partial charge in [0.15, 0.2) is 5.96 Å². The van der Waals surface area contributed by atoms with Gasteiger partial charge in [-0.15, -0.1) is 24.0 Å². The van der Waals surface area contributed by atoms with E-state index in [4.69, 9.17) is 4.42 Å².